The standard InChI is InChI=1S/C10H15NO.ClH/c1-7-3-4-8(2)9(5-7)10(11)6-12;/h3-5,10,12H,6,11H2,1-2H3;1H. The fourth-order valence-electron chi connectivity index (χ4n) is 1.26. The quantitative estimate of drug-likeness (QED) is 0.766. The third-order valence-electron chi connectivity index (χ3n) is 2.03. The van der Waals surface area contributed by atoms with Crippen molar-refractivity contribution in [2.24, 2.45) is 5.73 Å². The van der Waals surface area contributed by atoms with Crippen molar-refractivity contribution in [1.29, 1.82) is 0 Å². The Morgan fingerprint density at radius 3 is 2.54 bits per heavy atom. The summed E-state index contributed by atoms with van der Waals surface area (Å²) >= 11 is 0. The molecule has 0 saturated heterocycles. The third kappa shape index (κ3) is 2.99. The van der Waals surface area contributed by atoms with E-state index in [1.807, 2.05) is 32.0 Å². The Morgan fingerprint density at radius 2 is 2.00 bits per heavy atom. The summed E-state index contributed by atoms with van der Waals surface area (Å²) in [5.41, 5.74) is 9.07. The van der Waals surface area contributed by atoms with Crippen LogP contribution in [0.2, 0.25) is 0 Å². The smallest absolute Gasteiger partial charge is 0.0624 e. The van der Waals surface area contributed by atoms with Crippen LogP contribution in [0.25, 0.3) is 0 Å². The van der Waals surface area contributed by atoms with Crippen LogP contribution in [-0.4, -0.2) is 11.7 Å². The van der Waals surface area contributed by atoms with Crippen molar-refractivity contribution in [3.8, 4) is 0 Å². The van der Waals surface area contributed by atoms with Crippen LogP contribution in [0.15, 0.2) is 18.2 Å². The highest BCUT2D eigenvalue weighted by Gasteiger charge is 2.06. The third-order valence-corrected chi connectivity index (χ3v) is 2.03. The van der Waals surface area contributed by atoms with Gasteiger partial charge in [0.15, 0.2) is 0 Å². The van der Waals surface area contributed by atoms with E-state index in [0.717, 1.165) is 11.1 Å². The zero-order valence-corrected chi connectivity index (χ0v) is 8.77. The fourth-order valence-corrected chi connectivity index (χ4v) is 1.26. The maximum absolute atomic E-state index is 8.88. The van der Waals surface area contributed by atoms with Crippen molar-refractivity contribution in [2.45, 2.75) is 19.9 Å². The molecule has 1 rings (SSSR count). The summed E-state index contributed by atoms with van der Waals surface area (Å²) in [4.78, 5) is 0. The topological polar surface area (TPSA) is 46.2 Å². The van der Waals surface area contributed by atoms with Gasteiger partial charge in [0.2, 0.25) is 0 Å². The van der Waals surface area contributed by atoms with Crippen LogP contribution < -0.4 is 5.73 Å². The number of rotatable bonds is 2. The second kappa shape index (κ2) is 5.22. The van der Waals surface area contributed by atoms with Crippen molar-refractivity contribution in [2.75, 3.05) is 6.61 Å². The van der Waals surface area contributed by atoms with Gasteiger partial charge in [0, 0.05) is 0 Å². The molecule has 3 N–H and O–H groups in total. The maximum atomic E-state index is 8.88. The van der Waals surface area contributed by atoms with E-state index in [1.165, 1.54) is 5.56 Å². The van der Waals surface area contributed by atoms with E-state index in [4.69, 9.17) is 10.8 Å². The lowest BCUT2D eigenvalue weighted by molar-refractivity contribution is 0.267. The molecule has 1 unspecified atom stereocenters. The highest BCUT2D eigenvalue weighted by Crippen LogP contribution is 2.16. The summed E-state index contributed by atoms with van der Waals surface area (Å²) < 4.78 is 0. The molecule has 1 aromatic rings. The lowest BCUT2D eigenvalue weighted by Crippen LogP contribution is -2.15. The highest BCUT2D eigenvalue weighted by molar-refractivity contribution is 5.85. The largest absolute Gasteiger partial charge is 0.394 e. The molecular weight excluding hydrogens is 186 g/mol. The lowest BCUT2D eigenvalue weighted by atomic mass is 10.0. The minimum atomic E-state index is -0.245. The first-order chi connectivity index (χ1) is 5.65. The molecule has 0 aliphatic carbocycles. The van der Waals surface area contributed by atoms with Crippen molar-refractivity contribution in [3.63, 3.8) is 0 Å². The molecule has 13 heavy (non-hydrogen) atoms. The zero-order chi connectivity index (χ0) is 9.14. The Labute approximate surface area is 85.2 Å². The van der Waals surface area contributed by atoms with Gasteiger partial charge < -0.3 is 10.8 Å². The van der Waals surface area contributed by atoms with Gasteiger partial charge in [-0.2, -0.15) is 0 Å². The Balaban J connectivity index is 0.00000144. The molecule has 74 valence electrons. The van der Waals surface area contributed by atoms with Gasteiger partial charge in [0.25, 0.3) is 0 Å². The van der Waals surface area contributed by atoms with Crippen LogP contribution in [0.4, 0.5) is 0 Å². The minimum Gasteiger partial charge on any atom is -0.394 e. The van der Waals surface area contributed by atoms with Crippen LogP contribution in [0.5, 0.6) is 0 Å². The van der Waals surface area contributed by atoms with Gasteiger partial charge in [-0.3, -0.25) is 0 Å². The zero-order valence-electron chi connectivity index (χ0n) is 7.95. The molecule has 0 heterocycles. The van der Waals surface area contributed by atoms with Crippen LogP contribution in [0.3, 0.4) is 0 Å². The average molecular weight is 202 g/mol. The molecule has 3 heteroatoms. The monoisotopic (exact) mass is 201 g/mol. The van der Waals surface area contributed by atoms with Gasteiger partial charge in [-0.15, -0.1) is 12.4 Å². The summed E-state index contributed by atoms with van der Waals surface area (Å²) in [7, 11) is 0. The first-order valence-corrected chi connectivity index (χ1v) is 4.08. The van der Waals surface area contributed by atoms with E-state index >= 15 is 0 Å². The second-order valence-corrected chi connectivity index (χ2v) is 3.15. The van der Waals surface area contributed by atoms with Crippen molar-refractivity contribution >= 4 is 12.4 Å². The summed E-state index contributed by atoms with van der Waals surface area (Å²) in [6.45, 7) is 4.03. The number of aliphatic hydroxyl groups excluding tert-OH is 1. The molecule has 2 nitrogen and oxygen atoms in total. The van der Waals surface area contributed by atoms with Gasteiger partial charge in [-0.1, -0.05) is 23.8 Å². The number of benzene rings is 1. The molecule has 1 aromatic carbocycles. The van der Waals surface area contributed by atoms with Crippen molar-refractivity contribution < 1.29 is 5.11 Å². The number of aliphatic hydroxyl groups is 1. The van der Waals surface area contributed by atoms with Crippen LogP contribution in [0, 0.1) is 13.8 Å². The first-order valence-electron chi connectivity index (χ1n) is 4.08. The van der Waals surface area contributed by atoms with Gasteiger partial charge in [0.05, 0.1) is 12.6 Å². The summed E-state index contributed by atoms with van der Waals surface area (Å²) in [6, 6.07) is 5.85. The molecule has 0 amide bonds. The summed E-state index contributed by atoms with van der Waals surface area (Å²) in [6.07, 6.45) is 0. The SMILES string of the molecule is Cc1ccc(C)c(C(N)CO)c1.Cl. The van der Waals surface area contributed by atoms with Gasteiger partial charge in [-0.25, -0.2) is 0 Å². The van der Waals surface area contributed by atoms with E-state index in [9.17, 15) is 0 Å². The predicted octanol–water partition coefficient (Wildman–Crippen LogP) is 1.72. The maximum Gasteiger partial charge on any atom is 0.0624 e. The molecule has 0 aliphatic heterocycles. The molecule has 0 aliphatic rings. The first kappa shape index (κ1) is 12.4. The van der Waals surface area contributed by atoms with Crippen molar-refractivity contribution in [1.82, 2.24) is 0 Å². The van der Waals surface area contributed by atoms with Gasteiger partial charge in [-0.05, 0) is 25.0 Å². The minimum absolute atomic E-state index is 0. The van der Waals surface area contributed by atoms with Crippen LogP contribution in [-0.2, 0) is 0 Å². The molecule has 0 saturated carbocycles. The second-order valence-electron chi connectivity index (χ2n) is 3.15. The molecule has 0 fully saturated rings. The van der Waals surface area contributed by atoms with Crippen molar-refractivity contribution in [3.05, 3.63) is 34.9 Å². The Hall–Kier alpha value is -0.570. The molecule has 1 atom stereocenters. The Kier molecular flexibility index (Phi) is 4.99. The lowest BCUT2D eigenvalue weighted by Gasteiger charge is -2.12. The van der Waals surface area contributed by atoms with E-state index in [1.54, 1.807) is 0 Å². The highest BCUT2D eigenvalue weighted by atomic mass is 35.5. The molecule has 0 bridgehead atoms. The van der Waals surface area contributed by atoms with E-state index in [0.29, 0.717) is 0 Å². The normalized spacial score (nSPS) is 12.0. The Bertz CT molecular complexity index is 276. The summed E-state index contributed by atoms with van der Waals surface area (Å²) in [5.74, 6) is 0. The number of halogens is 1. The molecule has 0 spiro atoms. The average Bonchev–Trinajstić information content (AvgIpc) is 2.08. The Morgan fingerprint density at radius 1 is 1.38 bits per heavy atom. The molecular formula is C10H16ClNO. The number of aryl methyl sites for hydroxylation is 2. The van der Waals surface area contributed by atoms with Gasteiger partial charge >= 0.3 is 0 Å². The molecule has 0 aromatic heterocycles. The predicted molar refractivity (Wildman–Crippen MR) is 57.2 cm³/mol. The van der Waals surface area contributed by atoms with Crippen LogP contribution in [0.1, 0.15) is 22.7 Å². The van der Waals surface area contributed by atoms with E-state index in [2.05, 4.69) is 0 Å². The number of hydrogen-bond acceptors (Lipinski definition) is 2. The summed E-state index contributed by atoms with van der Waals surface area (Å²) in [5, 5.41) is 8.88. The fraction of sp³-hybridized carbons (Fsp3) is 0.400. The van der Waals surface area contributed by atoms with E-state index < -0.39 is 0 Å². The number of hydrogen-bond donors (Lipinski definition) is 2. The number of nitrogens with two attached hydrogens (primary N) is 1. The van der Waals surface area contributed by atoms with E-state index in [-0.39, 0.29) is 25.1 Å². The van der Waals surface area contributed by atoms with Gasteiger partial charge in [0.1, 0.15) is 0 Å². The van der Waals surface area contributed by atoms with Crippen LogP contribution >= 0.6 is 12.4 Å². The molecule has 0 radical (unpaired) electrons.